The maximum absolute atomic E-state index is 10.7. The van der Waals surface area contributed by atoms with Gasteiger partial charge in [-0.1, -0.05) is 0 Å². The van der Waals surface area contributed by atoms with Crippen molar-refractivity contribution in [3.8, 4) is 0 Å². The zero-order valence-corrected chi connectivity index (χ0v) is 7.95. The van der Waals surface area contributed by atoms with E-state index in [-0.39, 0.29) is 0 Å². The zero-order valence-electron chi connectivity index (χ0n) is 7.95. The predicted octanol–water partition coefficient (Wildman–Crippen LogP) is -1.62. The molecule has 82 valence electrons. The molecule has 0 aromatic rings. The molecule has 0 amide bonds. The number of ether oxygens (including phenoxy) is 2. The van der Waals surface area contributed by atoms with Crippen molar-refractivity contribution in [2.75, 3.05) is 0 Å². The van der Waals surface area contributed by atoms with Gasteiger partial charge in [-0.3, -0.25) is 4.79 Å². The van der Waals surface area contributed by atoms with Crippen LogP contribution in [0.15, 0.2) is 0 Å². The third-order valence-electron chi connectivity index (χ3n) is 2.10. The van der Waals surface area contributed by atoms with Crippen molar-refractivity contribution in [2.45, 2.75) is 44.6 Å². The van der Waals surface area contributed by atoms with Crippen molar-refractivity contribution in [2.24, 2.45) is 0 Å². The summed E-state index contributed by atoms with van der Waals surface area (Å²) >= 11 is 0. The van der Waals surface area contributed by atoms with Crippen LogP contribution in [-0.2, 0) is 14.3 Å². The van der Waals surface area contributed by atoms with Gasteiger partial charge in [-0.15, -0.1) is 0 Å². The molecule has 0 unspecified atom stereocenters. The SMILES string of the molecule is CC(=O)O[C@@H]1[C@H](O)[C@@H](O)[C@@H](O)O[C@@H]1C. The van der Waals surface area contributed by atoms with Gasteiger partial charge in [0.25, 0.3) is 0 Å². The molecular formula is C8H14O6. The van der Waals surface area contributed by atoms with Gasteiger partial charge >= 0.3 is 5.97 Å². The number of carbonyl (C=O) groups is 1. The third-order valence-corrected chi connectivity index (χ3v) is 2.10. The highest BCUT2D eigenvalue weighted by Gasteiger charge is 2.43. The molecule has 0 bridgehead atoms. The highest BCUT2D eigenvalue weighted by Crippen LogP contribution is 2.21. The van der Waals surface area contributed by atoms with Gasteiger partial charge in [-0.25, -0.2) is 0 Å². The number of hydrogen-bond acceptors (Lipinski definition) is 6. The van der Waals surface area contributed by atoms with Crippen LogP contribution >= 0.6 is 0 Å². The lowest BCUT2D eigenvalue weighted by atomic mass is 10.00. The maximum atomic E-state index is 10.7. The monoisotopic (exact) mass is 206 g/mol. The summed E-state index contributed by atoms with van der Waals surface area (Å²) in [6.07, 6.45) is -5.86. The van der Waals surface area contributed by atoms with Crippen molar-refractivity contribution in [3.63, 3.8) is 0 Å². The molecule has 5 atom stereocenters. The Labute approximate surface area is 81.1 Å². The Kier molecular flexibility index (Phi) is 3.43. The van der Waals surface area contributed by atoms with Crippen LogP contribution in [0.3, 0.4) is 0 Å². The molecule has 0 aromatic carbocycles. The molecule has 0 aliphatic carbocycles. The first-order valence-electron chi connectivity index (χ1n) is 4.30. The summed E-state index contributed by atoms with van der Waals surface area (Å²) in [5.74, 6) is -0.576. The van der Waals surface area contributed by atoms with Crippen molar-refractivity contribution < 1.29 is 29.6 Å². The Morgan fingerprint density at radius 2 is 1.86 bits per heavy atom. The number of hydrogen-bond donors (Lipinski definition) is 3. The molecule has 1 heterocycles. The van der Waals surface area contributed by atoms with Crippen LogP contribution in [0.1, 0.15) is 13.8 Å². The van der Waals surface area contributed by atoms with E-state index in [1.165, 1.54) is 13.8 Å². The Balaban J connectivity index is 2.68. The summed E-state index contributed by atoms with van der Waals surface area (Å²) < 4.78 is 9.60. The van der Waals surface area contributed by atoms with Crippen molar-refractivity contribution in [1.29, 1.82) is 0 Å². The molecule has 1 rings (SSSR count). The standard InChI is InChI=1S/C8H14O6/c1-3-7(14-4(2)9)5(10)6(11)8(12)13-3/h3,5-8,10-12H,1-2H3/t3-,5-,6-,7+,8+/m1/s1. The molecule has 0 aromatic heterocycles. The van der Waals surface area contributed by atoms with E-state index < -0.39 is 36.7 Å². The molecule has 1 saturated heterocycles. The van der Waals surface area contributed by atoms with Gasteiger partial charge in [0, 0.05) is 6.92 Å². The largest absolute Gasteiger partial charge is 0.457 e. The lowest BCUT2D eigenvalue weighted by Crippen LogP contribution is -2.57. The predicted molar refractivity (Wildman–Crippen MR) is 44.1 cm³/mol. The lowest BCUT2D eigenvalue weighted by molar-refractivity contribution is -0.281. The van der Waals surface area contributed by atoms with Crippen molar-refractivity contribution in [1.82, 2.24) is 0 Å². The molecule has 0 saturated carbocycles. The zero-order chi connectivity index (χ0) is 10.9. The van der Waals surface area contributed by atoms with Crippen LogP contribution < -0.4 is 0 Å². The van der Waals surface area contributed by atoms with Crippen LogP contribution in [0.4, 0.5) is 0 Å². The minimum Gasteiger partial charge on any atom is -0.457 e. The number of esters is 1. The van der Waals surface area contributed by atoms with Crippen LogP contribution in [0.2, 0.25) is 0 Å². The van der Waals surface area contributed by atoms with Crippen molar-refractivity contribution in [3.05, 3.63) is 0 Å². The second-order valence-corrected chi connectivity index (χ2v) is 3.29. The molecule has 6 nitrogen and oxygen atoms in total. The van der Waals surface area contributed by atoms with Crippen LogP contribution in [-0.4, -0.2) is 52.0 Å². The molecule has 1 fully saturated rings. The number of carbonyl (C=O) groups excluding carboxylic acids is 1. The van der Waals surface area contributed by atoms with Gasteiger partial charge in [0.15, 0.2) is 12.4 Å². The Hall–Kier alpha value is -0.690. The average molecular weight is 206 g/mol. The minimum absolute atomic E-state index is 0.576. The van der Waals surface area contributed by atoms with E-state index in [2.05, 4.69) is 0 Å². The van der Waals surface area contributed by atoms with E-state index in [9.17, 15) is 15.0 Å². The molecule has 1 aliphatic rings. The number of rotatable bonds is 1. The molecule has 0 spiro atoms. The van der Waals surface area contributed by atoms with E-state index >= 15 is 0 Å². The van der Waals surface area contributed by atoms with E-state index in [1.54, 1.807) is 0 Å². The van der Waals surface area contributed by atoms with Gasteiger partial charge in [0.2, 0.25) is 0 Å². The average Bonchev–Trinajstić information content (AvgIpc) is 2.09. The van der Waals surface area contributed by atoms with Crippen LogP contribution in [0.25, 0.3) is 0 Å². The molecular weight excluding hydrogens is 192 g/mol. The fourth-order valence-corrected chi connectivity index (χ4v) is 1.38. The number of aliphatic hydroxyl groups excluding tert-OH is 3. The normalized spacial score (nSPS) is 43.4. The summed E-state index contributed by atoms with van der Waals surface area (Å²) in [5, 5.41) is 27.8. The van der Waals surface area contributed by atoms with Gasteiger partial charge in [-0.05, 0) is 6.92 Å². The first-order valence-corrected chi connectivity index (χ1v) is 4.30. The second kappa shape index (κ2) is 4.22. The first kappa shape index (κ1) is 11.4. The highest BCUT2D eigenvalue weighted by molar-refractivity contribution is 5.66. The highest BCUT2D eigenvalue weighted by atomic mass is 16.7. The minimum atomic E-state index is -1.46. The van der Waals surface area contributed by atoms with Gasteiger partial charge in [-0.2, -0.15) is 0 Å². The Bertz CT molecular complexity index is 218. The van der Waals surface area contributed by atoms with E-state index in [4.69, 9.17) is 14.6 Å². The summed E-state index contributed by atoms with van der Waals surface area (Å²) in [6.45, 7) is 2.72. The van der Waals surface area contributed by atoms with Crippen molar-refractivity contribution >= 4 is 5.97 Å². The van der Waals surface area contributed by atoms with Crippen LogP contribution in [0, 0.1) is 0 Å². The molecule has 0 radical (unpaired) electrons. The lowest BCUT2D eigenvalue weighted by Gasteiger charge is -2.38. The van der Waals surface area contributed by atoms with E-state index in [1.807, 2.05) is 0 Å². The fourth-order valence-electron chi connectivity index (χ4n) is 1.38. The Morgan fingerprint density at radius 1 is 1.29 bits per heavy atom. The van der Waals surface area contributed by atoms with Gasteiger partial charge < -0.3 is 24.8 Å². The molecule has 6 heteroatoms. The second-order valence-electron chi connectivity index (χ2n) is 3.29. The topological polar surface area (TPSA) is 96.2 Å². The van der Waals surface area contributed by atoms with Gasteiger partial charge in [0.05, 0.1) is 6.10 Å². The number of aliphatic hydroxyl groups is 3. The molecule has 14 heavy (non-hydrogen) atoms. The van der Waals surface area contributed by atoms with Crippen LogP contribution in [0.5, 0.6) is 0 Å². The first-order chi connectivity index (χ1) is 6.43. The summed E-state index contributed by atoms with van der Waals surface area (Å²) in [4.78, 5) is 10.7. The summed E-state index contributed by atoms with van der Waals surface area (Å²) in [7, 11) is 0. The summed E-state index contributed by atoms with van der Waals surface area (Å²) in [6, 6.07) is 0. The molecule has 1 aliphatic heterocycles. The summed E-state index contributed by atoms with van der Waals surface area (Å²) in [5.41, 5.74) is 0. The van der Waals surface area contributed by atoms with E-state index in [0.29, 0.717) is 0 Å². The Morgan fingerprint density at radius 3 is 2.36 bits per heavy atom. The fraction of sp³-hybridized carbons (Fsp3) is 0.875. The van der Waals surface area contributed by atoms with Gasteiger partial charge in [0.1, 0.15) is 12.2 Å². The van der Waals surface area contributed by atoms with E-state index in [0.717, 1.165) is 0 Å². The smallest absolute Gasteiger partial charge is 0.303 e. The molecule has 3 N–H and O–H groups in total. The maximum Gasteiger partial charge on any atom is 0.303 e. The third kappa shape index (κ3) is 2.21. The quantitative estimate of drug-likeness (QED) is 0.446.